The Balaban J connectivity index is 0.00000144. The van der Waals surface area contributed by atoms with Crippen LogP contribution in [-0.4, -0.2) is 18.5 Å². The minimum atomic E-state index is -2.53. The van der Waals surface area contributed by atoms with E-state index >= 15 is 0 Å². The largest absolute Gasteiger partial charge is 0.308 e. The Bertz CT molecular complexity index is 165. The average Bonchev–Trinajstić information content (AvgIpc) is 1.83. The topological polar surface area (TPSA) is 12.0 Å². The highest BCUT2D eigenvalue weighted by Gasteiger charge is 2.47. The summed E-state index contributed by atoms with van der Waals surface area (Å²) in [6.45, 7) is 6.27. The van der Waals surface area contributed by atoms with Gasteiger partial charge in [0.25, 0.3) is 5.92 Å². The van der Waals surface area contributed by atoms with Gasteiger partial charge in [-0.1, -0.05) is 20.8 Å². The van der Waals surface area contributed by atoms with Crippen LogP contribution in [0, 0.1) is 5.41 Å². The van der Waals surface area contributed by atoms with Gasteiger partial charge in [0.05, 0.1) is 6.04 Å². The summed E-state index contributed by atoms with van der Waals surface area (Å²) in [6.07, 6.45) is 0.613. The number of alkyl halides is 2. The van der Waals surface area contributed by atoms with E-state index in [0.717, 1.165) is 6.54 Å². The summed E-state index contributed by atoms with van der Waals surface area (Å²) in [6, 6.07) is -0.668. The maximum absolute atomic E-state index is 13.3. The number of hydrogen-bond donors (Lipinski definition) is 1. The Labute approximate surface area is 84.7 Å². The normalized spacial score (nSPS) is 27.9. The van der Waals surface area contributed by atoms with Crippen molar-refractivity contribution in [3.8, 4) is 0 Å². The lowest BCUT2D eigenvalue weighted by Crippen LogP contribution is -2.56. The maximum atomic E-state index is 13.3. The third kappa shape index (κ3) is 3.06. The molecule has 0 amide bonds. The fraction of sp³-hybridized carbons (Fsp3) is 1.00. The van der Waals surface area contributed by atoms with E-state index in [1.165, 1.54) is 0 Å². The number of hydrogen-bond acceptors (Lipinski definition) is 1. The van der Waals surface area contributed by atoms with Crippen LogP contribution in [0.15, 0.2) is 0 Å². The second-order valence-electron chi connectivity index (χ2n) is 4.62. The molecule has 4 heteroatoms. The van der Waals surface area contributed by atoms with E-state index in [-0.39, 0.29) is 24.2 Å². The third-order valence-electron chi connectivity index (χ3n) is 2.32. The van der Waals surface area contributed by atoms with Crippen LogP contribution in [0.3, 0.4) is 0 Å². The molecule has 0 spiro atoms. The highest BCUT2D eigenvalue weighted by Crippen LogP contribution is 2.37. The number of piperidine rings is 1. The van der Waals surface area contributed by atoms with Crippen molar-refractivity contribution in [3.05, 3.63) is 0 Å². The Kier molecular flexibility index (Phi) is 4.13. The Hall–Kier alpha value is 0.110. The molecular weight excluding hydrogens is 196 g/mol. The molecule has 13 heavy (non-hydrogen) atoms. The van der Waals surface area contributed by atoms with Gasteiger partial charge in [-0.2, -0.15) is 0 Å². The van der Waals surface area contributed by atoms with E-state index in [2.05, 4.69) is 5.32 Å². The molecule has 1 heterocycles. The first-order valence-electron chi connectivity index (χ1n) is 4.45. The molecule has 1 rings (SSSR count). The van der Waals surface area contributed by atoms with Gasteiger partial charge in [0, 0.05) is 6.42 Å². The molecule has 1 unspecified atom stereocenters. The summed E-state index contributed by atoms with van der Waals surface area (Å²) >= 11 is 0. The molecule has 1 aliphatic heterocycles. The lowest BCUT2D eigenvalue weighted by molar-refractivity contribution is -0.0925. The van der Waals surface area contributed by atoms with E-state index in [9.17, 15) is 8.78 Å². The van der Waals surface area contributed by atoms with Gasteiger partial charge in [-0.3, -0.25) is 0 Å². The summed E-state index contributed by atoms with van der Waals surface area (Å²) in [5.74, 6) is -2.53. The Morgan fingerprint density at radius 1 is 1.31 bits per heavy atom. The molecule has 1 aliphatic rings. The molecule has 0 aliphatic carbocycles. The van der Waals surface area contributed by atoms with Crippen LogP contribution < -0.4 is 5.32 Å². The lowest BCUT2D eigenvalue weighted by Gasteiger charge is -2.40. The smallest absolute Gasteiger partial charge is 0.263 e. The van der Waals surface area contributed by atoms with Crippen molar-refractivity contribution in [1.29, 1.82) is 0 Å². The Morgan fingerprint density at radius 2 is 1.85 bits per heavy atom. The predicted octanol–water partition coefficient (Wildman–Crippen LogP) is 2.84. The van der Waals surface area contributed by atoms with Gasteiger partial charge in [-0.05, 0) is 18.4 Å². The first kappa shape index (κ1) is 13.1. The van der Waals surface area contributed by atoms with Crippen molar-refractivity contribution in [2.24, 2.45) is 5.41 Å². The van der Waals surface area contributed by atoms with Crippen molar-refractivity contribution in [2.75, 3.05) is 6.54 Å². The zero-order valence-corrected chi connectivity index (χ0v) is 9.18. The molecule has 0 aromatic heterocycles. The summed E-state index contributed by atoms with van der Waals surface area (Å²) in [5, 5.41) is 2.90. The van der Waals surface area contributed by atoms with Crippen molar-refractivity contribution in [2.45, 2.75) is 45.6 Å². The molecule has 1 saturated heterocycles. The van der Waals surface area contributed by atoms with Crippen LogP contribution in [-0.2, 0) is 0 Å². The van der Waals surface area contributed by atoms with Crippen molar-refractivity contribution >= 4 is 12.4 Å². The van der Waals surface area contributed by atoms with Gasteiger partial charge in [-0.15, -0.1) is 12.4 Å². The minimum Gasteiger partial charge on any atom is -0.308 e. The van der Waals surface area contributed by atoms with Crippen molar-refractivity contribution < 1.29 is 8.78 Å². The standard InChI is InChI=1S/C9H17F2N.ClH/c1-8(2,3)7-9(10,11)5-4-6-12-7;/h7,12H,4-6H2,1-3H3;1H. The molecular formula is C9H18ClF2N. The van der Waals surface area contributed by atoms with E-state index in [1.807, 2.05) is 20.8 Å². The summed E-state index contributed by atoms with van der Waals surface area (Å²) < 4.78 is 26.6. The highest BCUT2D eigenvalue weighted by atomic mass is 35.5. The average molecular weight is 214 g/mol. The Morgan fingerprint density at radius 3 is 2.15 bits per heavy atom. The molecule has 0 saturated carbocycles. The van der Waals surface area contributed by atoms with Crippen LogP contribution in [0.1, 0.15) is 33.6 Å². The quantitative estimate of drug-likeness (QED) is 0.653. The predicted molar refractivity (Wildman–Crippen MR) is 52.7 cm³/mol. The number of rotatable bonds is 0. The summed E-state index contributed by atoms with van der Waals surface area (Å²) in [5.41, 5.74) is -0.357. The van der Waals surface area contributed by atoms with Crippen molar-refractivity contribution in [3.63, 3.8) is 0 Å². The number of nitrogens with one attached hydrogen (secondary N) is 1. The lowest BCUT2D eigenvalue weighted by atomic mass is 9.80. The van der Waals surface area contributed by atoms with Gasteiger partial charge in [-0.25, -0.2) is 8.78 Å². The molecule has 0 aromatic carbocycles. The van der Waals surface area contributed by atoms with Gasteiger partial charge in [0.1, 0.15) is 0 Å². The van der Waals surface area contributed by atoms with Gasteiger partial charge >= 0.3 is 0 Å². The van der Waals surface area contributed by atoms with Crippen LogP contribution in [0.4, 0.5) is 8.78 Å². The van der Waals surface area contributed by atoms with Crippen LogP contribution in [0.5, 0.6) is 0 Å². The van der Waals surface area contributed by atoms with E-state index in [1.54, 1.807) is 0 Å². The van der Waals surface area contributed by atoms with Gasteiger partial charge in [0.15, 0.2) is 0 Å². The summed E-state index contributed by atoms with van der Waals surface area (Å²) in [7, 11) is 0. The van der Waals surface area contributed by atoms with Crippen LogP contribution >= 0.6 is 12.4 Å². The monoisotopic (exact) mass is 213 g/mol. The zero-order chi connectivity index (χ0) is 9.41. The minimum absolute atomic E-state index is 0. The zero-order valence-electron chi connectivity index (χ0n) is 8.36. The first-order valence-corrected chi connectivity index (χ1v) is 4.45. The molecule has 1 atom stereocenters. The fourth-order valence-electron chi connectivity index (χ4n) is 1.80. The molecule has 1 N–H and O–H groups in total. The van der Waals surface area contributed by atoms with Crippen LogP contribution in [0.25, 0.3) is 0 Å². The maximum Gasteiger partial charge on any atom is 0.263 e. The van der Waals surface area contributed by atoms with E-state index < -0.39 is 12.0 Å². The van der Waals surface area contributed by atoms with Crippen molar-refractivity contribution in [1.82, 2.24) is 5.32 Å². The SMILES string of the molecule is CC(C)(C)C1NCCCC1(F)F.Cl. The second kappa shape index (κ2) is 4.09. The molecule has 0 radical (unpaired) electrons. The molecule has 0 bridgehead atoms. The highest BCUT2D eigenvalue weighted by molar-refractivity contribution is 5.85. The first-order chi connectivity index (χ1) is 5.34. The molecule has 0 aromatic rings. The molecule has 80 valence electrons. The number of halogens is 3. The van der Waals surface area contributed by atoms with Gasteiger partial charge < -0.3 is 5.32 Å². The van der Waals surface area contributed by atoms with E-state index in [0.29, 0.717) is 6.42 Å². The second-order valence-corrected chi connectivity index (χ2v) is 4.62. The molecule has 1 fully saturated rings. The van der Waals surface area contributed by atoms with Crippen LogP contribution in [0.2, 0.25) is 0 Å². The van der Waals surface area contributed by atoms with E-state index in [4.69, 9.17) is 0 Å². The third-order valence-corrected chi connectivity index (χ3v) is 2.32. The molecule has 1 nitrogen and oxygen atoms in total. The fourth-order valence-corrected chi connectivity index (χ4v) is 1.80. The van der Waals surface area contributed by atoms with Gasteiger partial charge in [0.2, 0.25) is 0 Å². The summed E-state index contributed by atoms with van der Waals surface area (Å²) in [4.78, 5) is 0.